The highest BCUT2D eigenvalue weighted by molar-refractivity contribution is 5.99. The second kappa shape index (κ2) is 9.47. The van der Waals surface area contributed by atoms with Crippen LogP contribution in [0.5, 0.6) is 17.2 Å². The maximum Gasteiger partial charge on any atom is 0.416 e. The van der Waals surface area contributed by atoms with Crippen LogP contribution in [0, 0.1) is 6.92 Å². The standard InChI is InChI=1S/C25H30F3N3O2/c1-15-10-12-30-22-19(31-16(2)9-11-24(3,4)29)14-20(32-5)23(21(15)22)33-18-8-6-7-17(13-18)25(26,27)28/h6-8,10,12-14,16,31H,9,11,29H2,1-5H3. The molecule has 0 saturated heterocycles. The number of anilines is 1. The van der Waals surface area contributed by atoms with Gasteiger partial charge in [-0.3, -0.25) is 4.98 Å². The Hall–Kier alpha value is -3.00. The van der Waals surface area contributed by atoms with Gasteiger partial charge < -0.3 is 20.5 Å². The van der Waals surface area contributed by atoms with Crippen LogP contribution >= 0.6 is 0 Å². The van der Waals surface area contributed by atoms with E-state index >= 15 is 0 Å². The predicted molar refractivity (Wildman–Crippen MR) is 125 cm³/mol. The van der Waals surface area contributed by atoms with Crippen molar-refractivity contribution in [2.75, 3.05) is 12.4 Å². The summed E-state index contributed by atoms with van der Waals surface area (Å²) in [7, 11) is 1.50. The number of aryl methyl sites for hydroxylation is 1. The van der Waals surface area contributed by atoms with E-state index in [1.165, 1.54) is 19.2 Å². The minimum absolute atomic E-state index is 0.0620. The van der Waals surface area contributed by atoms with Gasteiger partial charge in [-0.2, -0.15) is 13.2 Å². The van der Waals surface area contributed by atoms with E-state index in [2.05, 4.69) is 17.2 Å². The Bertz CT molecular complexity index is 1120. The molecule has 0 aliphatic rings. The largest absolute Gasteiger partial charge is 0.493 e. The fourth-order valence-electron chi connectivity index (χ4n) is 3.58. The molecule has 1 aromatic heterocycles. The molecular weight excluding hydrogens is 431 g/mol. The molecule has 5 nitrogen and oxygen atoms in total. The van der Waals surface area contributed by atoms with Gasteiger partial charge in [0.25, 0.3) is 0 Å². The summed E-state index contributed by atoms with van der Waals surface area (Å²) in [5.74, 6) is 0.774. The Morgan fingerprint density at radius 3 is 2.52 bits per heavy atom. The SMILES string of the molecule is COc1cc(NC(C)CCC(C)(C)N)c2nccc(C)c2c1Oc1cccc(C(F)(F)F)c1. The number of hydrogen-bond acceptors (Lipinski definition) is 5. The van der Waals surface area contributed by atoms with Crippen LogP contribution < -0.4 is 20.5 Å². The molecule has 0 saturated carbocycles. The van der Waals surface area contributed by atoms with E-state index in [-0.39, 0.29) is 17.3 Å². The highest BCUT2D eigenvalue weighted by atomic mass is 19.4. The second-order valence-electron chi connectivity index (χ2n) is 9.01. The molecule has 0 fully saturated rings. The van der Waals surface area contributed by atoms with Gasteiger partial charge in [0.2, 0.25) is 0 Å². The zero-order valence-corrected chi connectivity index (χ0v) is 19.5. The zero-order valence-electron chi connectivity index (χ0n) is 19.5. The Balaban J connectivity index is 2.04. The molecule has 1 atom stereocenters. The van der Waals surface area contributed by atoms with Crippen LogP contribution in [-0.4, -0.2) is 23.7 Å². The van der Waals surface area contributed by atoms with Gasteiger partial charge in [0, 0.05) is 23.8 Å². The molecule has 33 heavy (non-hydrogen) atoms. The van der Waals surface area contributed by atoms with Gasteiger partial charge in [0.05, 0.1) is 29.3 Å². The van der Waals surface area contributed by atoms with Crippen molar-refractivity contribution in [3.63, 3.8) is 0 Å². The van der Waals surface area contributed by atoms with Crippen molar-refractivity contribution < 1.29 is 22.6 Å². The Morgan fingerprint density at radius 2 is 1.88 bits per heavy atom. The molecule has 0 aliphatic carbocycles. The first-order valence-electron chi connectivity index (χ1n) is 10.8. The number of halogens is 3. The van der Waals surface area contributed by atoms with Gasteiger partial charge in [-0.05, 0) is 70.4 Å². The van der Waals surface area contributed by atoms with Gasteiger partial charge >= 0.3 is 6.18 Å². The van der Waals surface area contributed by atoms with Crippen LogP contribution in [0.2, 0.25) is 0 Å². The van der Waals surface area contributed by atoms with Gasteiger partial charge in [-0.1, -0.05) is 6.07 Å². The van der Waals surface area contributed by atoms with Crippen molar-refractivity contribution in [1.29, 1.82) is 0 Å². The number of ether oxygens (including phenoxy) is 2. The number of hydrogen-bond donors (Lipinski definition) is 2. The number of fused-ring (bicyclic) bond motifs is 1. The Kier molecular flexibility index (Phi) is 7.07. The van der Waals surface area contributed by atoms with Crippen molar-refractivity contribution in [3.05, 3.63) is 53.7 Å². The van der Waals surface area contributed by atoms with Crippen LogP contribution in [0.3, 0.4) is 0 Å². The Labute approximate surface area is 192 Å². The van der Waals surface area contributed by atoms with Crippen LogP contribution in [-0.2, 0) is 6.18 Å². The lowest BCUT2D eigenvalue weighted by atomic mass is 9.97. The summed E-state index contributed by atoms with van der Waals surface area (Å²) in [5, 5.41) is 4.15. The summed E-state index contributed by atoms with van der Waals surface area (Å²) in [6.07, 6.45) is -1.09. The molecule has 0 spiro atoms. The number of alkyl halides is 3. The molecular formula is C25H30F3N3O2. The smallest absolute Gasteiger partial charge is 0.416 e. The molecule has 1 unspecified atom stereocenters. The highest BCUT2D eigenvalue weighted by Crippen LogP contribution is 2.44. The quantitative estimate of drug-likeness (QED) is 0.392. The van der Waals surface area contributed by atoms with E-state index in [9.17, 15) is 13.2 Å². The third-order valence-corrected chi connectivity index (χ3v) is 5.37. The van der Waals surface area contributed by atoms with Gasteiger partial charge in [0.15, 0.2) is 11.5 Å². The lowest BCUT2D eigenvalue weighted by molar-refractivity contribution is -0.137. The summed E-state index contributed by atoms with van der Waals surface area (Å²) >= 11 is 0. The monoisotopic (exact) mass is 461 g/mol. The summed E-state index contributed by atoms with van der Waals surface area (Å²) in [5.41, 5.74) is 7.33. The van der Waals surface area contributed by atoms with Crippen molar-refractivity contribution in [2.45, 2.75) is 58.3 Å². The van der Waals surface area contributed by atoms with E-state index in [4.69, 9.17) is 15.2 Å². The normalized spacial score (nSPS) is 13.1. The minimum Gasteiger partial charge on any atom is -0.493 e. The predicted octanol–water partition coefficient (Wildman–Crippen LogP) is 6.68. The third kappa shape index (κ3) is 6.07. The molecule has 0 amide bonds. The van der Waals surface area contributed by atoms with Crippen molar-refractivity contribution in [2.24, 2.45) is 5.73 Å². The average molecular weight is 462 g/mol. The number of methoxy groups -OCH3 is 1. The number of aromatic nitrogens is 1. The van der Waals surface area contributed by atoms with E-state index in [0.29, 0.717) is 22.4 Å². The molecule has 3 rings (SSSR count). The fraction of sp³-hybridized carbons (Fsp3) is 0.400. The molecule has 8 heteroatoms. The summed E-state index contributed by atoms with van der Waals surface area (Å²) < 4.78 is 51.1. The highest BCUT2D eigenvalue weighted by Gasteiger charge is 2.31. The van der Waals surface area contributed by atoms with Crippen LogP contribution in [0.25, 0.3) is 10.9 Å². The first-order valence-corrected chi connectivity index (χ1v) is 10.8. The van der Waals surface area contributed by atoms with E-state index in [1.807, 2.05) is 26.8 Å². The molecule has 0 radical (unpaired) electrons. The number of nitrogens with zero attached hydrogens (tertiary/aromatic N) is 1. The number of benzene rings is 2. The molecule has 3 aromatic rings. The average Bonchev–Trinajstić information content (AvgIpc) is 2.73. The third-order valence-electron chi connectivity index (χ3n) is 5.37. The summed E-state index contributed by atoms with van der Waals surface area (Å²) in [6.45, 7) is 7.94. The van der Waals surface area contributed by atoms with Crippen molar-refractivity contribution in [1.82, 2.24) is 4.98 Å². The molecule has 1 heterocycles. The molecule has 0 aliphatic heterocycles. The number of rotatable bonds is 8. The van der Waals surface area contributed by atoms with Crippen LogP contribution in [0.4, 0.5) is 18.9 Å². The maximum atomic E-state index is 13.2. The first-order chi connectivity index (χ1) is 15.4. The van der Waals surface area contributed by atoms with E-state index in [0.717, 1.165) is 36.2 Å². The van der Waals surface area contributed by atoms with Crippen LogP contribution in [0.1, 0.15) is 44.7 Å². The van der Waals surface area contributed by atoms with Crippen molar-refractivity contribution >= 4 is 16.6 Å². The van der Waals surface area contributed by atoms with E-state index < -0.39 is 11.7 Å². The van der Waals surface area contributed by atoms with Crippen molar-refractivity contribution in [3.8, 4) is 17.2 Å². The number of pyridine rings is 1. The summed E-state index contributed by atoms with van der Waals surface area (Å²) in [4.78, 5) is 4.54. The lowest BCUT2D eigenvalue weighted by Gasteiger charge is -2.24. The summed E-state index contributed by atoms with van der Waals surface area (Å²) in [6, 6.07) is 8.47. The molecule has 178 valence electrons. The van der Waals surface area contributed by atoms with Gasteiger partial charge in [0.1, 0.15) is 5.75 Å². The maximum absolute atomic E-state index is 13.2. The molecule has 2 aromatic carbocycles. The van der Waals surface area contributed by atoms with Gasteiger partial charge in [-0.15, -0.1) is 0 Å². The topological polar surface area (TPSA) is 69.4 Å². The Morgan fingerprint density at radius 1 is 1.15 bits per heavy atom. The lowest BCUT2D eigenvalue weighted by Crippen LogP contribution is -2.33. The molecule has 0 bridgehead atoms. The zero-order chi connectivity index (χ0) is 24.4. The first kappa shape index (κ1) is 24.6. The number of nitrogens with one attached hydrogen (secondary N) is 1. The minimum atomic E-state index is -4.47. The molecule has 3 N–H and O–H groups in total. The van der Waals surface area contributed by atoms with Crippen LogP contribution in [0.15, 0.2) is 42.6 Å². The fourth-order valence-corrected chi connectivity index (χ4v) is 3.58. The van der Waals surface area contributed by atoms with Gasteiger partial charge in [-0.25, -0.2) is 0 Å². The second-order valence-corrected chi connectivity index (χ2v) is 9.01. The number of nitrogens with two attached hydrogens (primary N) is 1. The van der Waals surface area contributed by atoms with E-state index in [1.54, 1.807) is 12.3 Å².